The number of aliphatic hydroxyl groups excluding tert-OH is 1. The summed E-state index contributed by atoms with van der Waals surface area (Å²) in [6.45, 7) is 19.1. The van der Waals surface area contributed by atoms with Gasteiger partial charge >= 0.3 is 0 Å². The summed E-state index contributed by atoms with van der Waals surface area (Å²) < 4.78 is 0. The van der Waals surface area contributed by atoms with Crippen LogP contribution < -0.4 is 0 Å². The minimum Gasteiger partial charge on any atom is -0.393 e. The third kappa shape index (κ3) is 7.61. The Morgan fingerprint density at radius 2 is 1.58 bits per heavy atom. The summed E-state index contributed by atoms with van der Waals surface area (Å²) >= 11 is 0. The molecule has 0 aromatic carbocycles. The summed E-state index contributed by atoms with van der Waals surface area (Å²) in [5.41, 5.74) is 6.56. The van der Waals surface area contributed by atoms with Gasteiger partial charge in [0.1, 0.15) is 0 Å². The minimum atomic E-state index is -0.227. The van der Waals surface area contributed by atoms with Gasteiger partial charge in [-0.2, -0.15) is 0 Å². The number of hydrogen-bond acceptors (Lipinski definition) is 1. The van der Waals surface area contributed by atoms with Crippen LogP contribution in [-0.2, 0) is 0 Å². The molecule has 0 aliphatic heterocycles. The van der Waals surface area contributed by atoms with Gasteiger partial charge in [0.25, 0.3) is 0 Å². The molecule has 36 heavy (non-hydrogen) atoms. The topological polar surface area (TPSA) is 20.2 Å². The molecule has 1 saturated carbocycles. The standard InChI is InChI=1S/C35H60O/c1-9-33(31-18-12-24(3)13-19-31)34(32-20-14-25(4)15-21-32)28(7)29(8)35(36)27(6)22-26(5)30-16-10-23(2)11-17-30/h12,20,23,25-31,35-36H,9-11,13-19,21-22H2,1-8H3/b34-33-/t23?,25-,26?,27-,28-,29?,30?,31+,35+/m0/s1. The lowest BCUT2D eigenvalue weighted by Crippen LogP contribution is -2.34. The van der Waals surface area contributed by atoms with E-state index in [1.54, 1.807) is 22.3 Å². The molecule has 0 radical (unpaired) electrons. The highest BCUT2D eigenvalue weighted by Gasteiger charge is 2.34. The molecule has 0 spiro atoms. The highest BCUT2D eigenvalue weighted by Crippen LogP contribution is 2.44. The van der Waals surface area contributed by atoms with Gasteiger partial charge in [-0.15, -0.1) is 0 Å². The fourth-order valence-electron chi connectivity index (χ4n) is 7.83. The second kappa shape index (κ2) is 13.8. The van der Waals surface area contributed by atoms with E-state index in [9.17, 15) is 5.11 Å². The van der Waals surface area contributed by atoms with E-state index in [0.29, 0.717) is 17.8 Å². The van der Waals surface area contributed by atoms with Crippen molar-refractivity contribution >= 4 is 0 Å². The molecule has 2 unspecified atom stereocenters. The molecular weight excluding hydrogens is 436 g/mol. The molecule has 0 heterocycles. The average molecular weight is 497 g/mol. The average Bonchev–Trinajstić information content (AvgIpc) is 2.87. The predicted molar refractivity (Wildman–Crippen MR) is 158 cm³/mol. The molecule has 1 heteroatoms. The minimum absolute atomic E-state index is 0.227. The Morgan fingerprint density at radius 1 is 0.889 bits per heavy atom. The van der Waals surface area contributed by atoms with Gasteiger partial charge in [0.2, 0.25) is 0 Å². The van der Waals surface area contributed by atoms with Crippen molar-refractivity contribution in [3.63, 3.8) is 0 Å². The molecular formula is C35H60O. The fourth-order valence-corrected chi connectivity index (χ4v) is 7.83. The Morgan fingerprint density at radius 3 is 2.14 bits per heavy atom. The Labute approximate surface area is 225 Å². The third-order valence-corrected chi connectivity index (χ3v) is 10.9. The van der Waals surface area contributed by atoms with Crippen LogP contribution in [0.2, 0.25) is 0 Å². The molecule has 0 bridgehead atoms. The third-order valence-electron chi connectivity index (χ3n) is 10.9. The Kier molecular flexibility index (Phi) is 11.4. The van der Waals surface area contributed by atoms with Gasteiger partial charge in [0.15, 0.2) is 0 Å². The Hall–Kier alpha value is -0.820. The van der Waals surface area contributed by atoms with Gasteiger partial charge in [0, 0.05) is 0 Å². The first-order valence-corrected chi connectivity index (χ1v) is 15.9. The Bertz CT molecular complexity index is 776. The van der Waals surface area contributed by atoms with Gasteiger partial charge in [0.05, 0.1) is 6.10 Å². The first-order chi connectivity index (χ1) is 17.1. The number of allylic oxidation sites excluding steroid dienone is 6. The molecule has 0 saturated heterocycles. The summed E-state index contributed by atoms with van der Waals surface area (Å²) in [5, 5.41) is 11.7. The van der Waals surface area contributed by atoms with E-state index in [0.717, 1.165) is 30.1 Å². The number of aliphatic hydroxyl groups is 1. The molecule has 206 valence electrons. The van der Waals surface area contributed by atoms with Crippen molar-refractivity contribution in [1.82, 2.24) is 0 Å². The zero-order valence-electron chi connectivity index (χ0n) is 25.3. The van der Waals surface area contributed by atoms with Crippen molar-refractivity contribution in [3.8, 4) is 0 Å². The normalized spacial score (nSPS) is 32.5. The second-order valence-electron chi connectivity index (χ2n) is 13.8. The van der Waals surface area contributed by atoms with Crippen LogP contribution in [0.25, 0.3) is 0 Å². The maximum Gasteiger partial charge on any atom is 0.0597 e. The first kappa shape index (κ1) is 29.7. The Balaban J connectivity index is 1.78. The van der Waals surface area contributed by atoms with Crippen LogP contribution in [-0.4, -0.2) is 11.2 Å². The molecule has 7 atom stereocenters. The van der Waals surface area contributed by atoms with E-state index in [-0.39, 0.29) is 12.0 Å². The number of hydrogen-bond donors (Lipinski definition) is 1. The largest absolute Gasteiger partial charge is 0.393 e. The smallest absolute Gasteiger partial charge is 0.0597 e. The summed E-state index contributed by atoms with van der Waals surface area (Å²) in [6.07, 6.45) is 20.3. The molecule has 3 aliphatic carbocycles. The van der Waals surface area contributed by atoms with E-state index in [1.807, 2.05) is 0 Å². The van der Waals surface area contributed by atoms with E-state index < -0.39 is 0 Å². The maximum atomic E-state index is 11.7. The molecule has 1 N–H and O–H groups in total. The van der Waals surface area contributed by atoms with Gasteiger partial charge < -0.3 is 5.11 Å². The number of rotatable bonds is 10. The summed E-state index contributed by atoms with van der Waals surface area (Å²) in [5.74, 6) is 5.06. The molecule has 3 aliphatic rings. The van der Waals surface area contributed by atoms with E-state index in [4.69, 9.17) is 0 Å². The fraction of sp³-hybridized carbons (Fsp3) is 0.829. The van der Waals surface area contributed by atoms with E-state index in [1.165, 1.54) is 70.6 Å². The zero-order chi connectivity index (χ0) is 26.4. The van der Waals surface area contributed by atoms with Crippen molar-refractivity contribution in [2.45, 2.75) is 139 Å². The summed E-state index contributed by atoms with van der Waals surface area (Å²) in [6, 6.07) is 0. The summed E-state index contributed by atoms with van der Waals surface area (Å²) in [4.78, 5) is 0. The van der Waals surface area contributed by atoms with Crippen LogP contribution in [0.5, 0.6) is 0 Å². The molecule has 0 aromatic rings. The van der Waals surface area contributed by atoms with E-state index >= 15 is 0 Å². The van der Waals surface area contributed by atoms with Crippen LogP contribution in [0, 0.1) is 47.3 Å². The lowest BCUT2D eigenvalue weighted by molar-refractivity contribution is 0.0325. The van der Waals surface area contributed by atoms with Crippen LogP contribution in [0.4, 0.5) is 0 Å². The maximum absolute atomic E-state index is 11.7. The summed E-state index contributed by atoms with van der Waals surface area (Å²) in [7, 11) is 0. The molecule has 1 nitrogen and oxygen atoms in total. The van der Waals surface area contributed by atoms with Crippen LogP contribution in [0.15, 0.2) is 34.4 Å². The van der Waals surface area contributed by atoms with Crippen LogP contribution in [0.3, 0.4) is 0 Å². The van der Waals surface area contributed by atoms with Crippen molar-refractivity contribution < 1.29 is 5.11 Å². The highest BCUT2D eigenvalue weighted by molar-refractivity contribution is 5.40. The zero-order valence-corrected chi connectivity index (χ0v) is 25.3. The lowest BCUT2D eigenvalue weighted by atomic mass is 9.69. The van der Waals surface area contributed by atoms with E-state index in [2.05, 4.69) is 67.5 Å². The van der Waals surface area contributed by atoms with Crippen LogP contribution >= 0.6 is 0 Å². The van der Waals surface area contributed by atoms with Crippen molar-refractivity contribution in [3.05, 3.63) is 34.4 Å². The molecule has 0 aromatic heterocycles. The molecule has 3 rings (SSSR count). The highest BCUT2D eigenvalue weighted by atomic mass is 16.3. The molecule has 0 amide bonds. The van der Waals surface area contributed by atoms with Crippen LogP contribution in [0.1, 0.15) is 132 Å². The monoisotopic (exact) mass is 496 g/mol. The predicted octanol–water partition coefficient (Wildman–Crippen LogP) is 10.3. The lowest BCUT2D eigenvalue weighted by Gasteiger charge is -2.38. The molecule has 1 fully saturated rings. The first-order valence-electron chi connectivity index (χ1n) is 15.9. The quantitative estimate of drug-likeness (QED) is 0.298. The van der Waals surface area contributed by atoms with Gasteiger partial charge in [-0.05, 0) is 130 Å². The van der Waals surface area contributed by atoms with Crippen molar-refractivity contribution in [2.75, 3.05) is 0 Å². The van der Waals surface area contributed by atoms with Crippen molar-refractivity contribution in [2.24, 2.45) is 47.3 Å². The van der Waals surface area contributed by atoms with Gasteiger partial charge in [-0.3, -0.25) is 0 Å². The van der Waals surface area contributed by atoms with Crippen molar-refractivity contribution in [1.29, 1.82) is 0 Å². The van der Waals surface area contributed by atoms with Gasteiger partial charge in [-0.25, -0.2) is 0 Å². The van der Waals surface area contributed by atoms with Gasteiger partial charge in [-0.1, -0.05) is 84.6 Å². The SMILES string of the molecule is CC/C(=C(/C1=CC[C@H](C)CC1)[C@@H](C)C(C)[C@H](O)[C@@H](C)CC(C)C1CCC(C)CC1)[C@@H]1CC=C(C)CC1. The second-order valence-corrected chi connectivity index (χ2v) is 13.8.